The Labute approximate surface area is 195 Å². The maximum absolute atomic E-state index is 12.2. The lowest BCUT2D eigenvalue weighted by atomic mass is 9.85. The first-order valence-corrected chi connectivity index (χ1v) is 12.9. The molecule has 3 atom stereocenters. The maximum atomic E-state index is 12.2. The minimum Gasteiger partial charge on any atom is -0.306 e. The zero-order valence-corrected chi connectivity index (χ0v) is 19.8. The highest BCUT2D eigenvalue weighted by atomic mass is 35.5. The van der Waals surface area contributed by atoms with Gasteiger partial charge in [-0.25, -0.2) is 8.42 Å². The monoisotopic (exact) mass is 466 g/mol. The minimum atomic E-state index is -3.20. The summed E-state index contributed by atoms with van der Waals surface area (Å²) >= 11 is 6.06. The van der Waals surface area contributed by atoms with E-state index in [0.29, 0.717) is 10.6 Å². The number of benzene rings is 3. The van der Waals surface area contributed by atoms with Crippen LogP contribution in [0, 0.1) is 11.3 Å². The molecule has 0 spiro atoms. The quantitative estimate of drug-likeness (QED) is 0.464. The molecule has 3 aromatic carbocycles. The third kappa shape index (κ3) is 6.93. The van der Waals surface area contributed by atoms with Crippen molar-refractivity contribution in [2.75, 3.05) is 12.0 Å². The van der Waals surface area contributed by atoms with Crippen LogP contribution >= 0.6 is 11.6 Å². The van der Waals surface area contributed by atoms with Gasteiger partial charge in [-0.05, 0) is 54.3 Å². The second-order valence-electron chi connectivity index (χ2n) is 8.19. The molecule has 6 heteroatoms. The Balaban J connectivity index is 1.94. The van der Waals surface area contributed by atoms with Crippen LogP contribution in [-0.4, -0.2) is 26.5 Å². The van der Waals surface area contributed by atoms with Crippen molar-refractivity contribution in [2.45, 2.75) is 31.3 Å². The molecule has 0 bridgehead atoms. The van der Waals surface area contributed by atoms with E-state index in [1.54, 1.807) is 6.07 Å². The Morgan fingerprint density at radius 2 is 1.62 bits per heavy atom. The zero-order valence-electron chi connectivity index (χ0n) is 18.2. The van der Waals surface area contributed by atoms with Gasteiger partial charge in [-0.1, -0.05) is 66.2 Å². The number of nitrogens with zero attached hydrogens (tertiary/aromatic N) is 1. The molecule has 3 aromatic rings. The Hall–Kier alpha value is -2.65. The normalized spacial score (nSPS) is 14.3. The second-order valence-corrected chi connectivity index (χ2v) is 10.8. The Kier molecular flexibility index (Phi) is 8.09. The van der Waals surface area contributed by atoms with Gasteiger partial charge in [-0.15, -0.1) is 0 Å². The smallest absolute Gasteiger partial charge is 0.149 e. The van der Waals surface area contributed by atoms with Crippen LogP contribution in [0.15, 0.2) is 78.9 Å². The van der Waals surface area contributed by atoms with E-state index in [0.717, 1.165) is 23.1 Å². The van der Waals surface area contributed by atoms with Gasteiger partial charge < -0.3 is 5.32 Å². The molecule has 1 N–H and O–H groups in total. The number of hydrogen-bond donors (Lipinski definition) is 1. The number of nitrogens with one attached hydrogen (secondary N) is 1. The first kappa shape index (κ1) is 24.0. The molecule has 0 aliphatic rings. The fourth-order valence-electron chi connectivity index (χ4n) is 3.96. The summed E-state index contributed by atoms with van der Waals surface area (Å²) in [6.07, 6.45) is 1.98. The van der Waals surface area contributed by atoms with Gasteiger partial charge >= 0.3 is 0 Å². The molecule has 0 fully saturated rings. The first-order valence-electron chi connectivity index (χ1n) is 10.5. The first-order chi connectivity index (χ1) is 15.2. The van der Waals surface area contributed by atoms with Crippen LogP contribution in [0.3, 0.4) is 0 Å². The van der Waals surface area contributed by atoms with Gasteiger partial charge in [0.15, 0.2) is 0 Å². The molecule has 3 rings (SSSR count). The molecule has 0 radical (unpaired) electrons. The van der Waals surface area contributed by atoms with Gasteiger partial charge in [0.05, 0.1) is 17.4 Å². The van der Waals surface area contributed by atoms with Crippen molar-refractivity contribution in [3.8, 4) is 6.07 Å². The molecule has 0 aliphatic heterocycles. The van der Waals surface area contributed by atoms with Crippen LogP contribution in [0.1, 0.15) is 41.1 Å². The second kappa shape index (κ2) is 10.8. The van der Waals surface area contributed by atoms with E-state index >= 15 is 0 Å². The molecule has 166 valence electrons. The highest BCUT2D eigenvalue weighted by Crippen LogP contribution is 2.28. The van der Waals surface area contributed by atoms with Crippen LogP contribution in [0.5, 0.6) is 0 Å². The van der Waals surface area contributed by atoms with Gasteiger partial charge in [-0.2, -0.15) is 5.26 Å². The van der Waals surface area contributed by atoms with Gasteiger partial charge in [0.2, 0.25) is 0 Å². The lowest BCUT2D eigenvalue weighted by Crippen LogP contribution is -2.39. The van der Waals surface area contributed by atoms with Gasteiger partial charge in [0.25, 0.3) is 0 Å². The van der Waals surface area contributed by atoms with Crippen LogP contribution in [-0.2, 0) is 16.3 Å². The molecule has 0 saturated heterocycles. The van der Waals surface area contributed by atoms with Crippen molar-refractivity contribution in [2.24, 2.45) is 0 Å². The van der Waals surface area contributed by atoms with Gasteiger partial charge in [0, 0.05) is 29.3 Å². The van der Waals surface area contributed by atoms with Gasteiger partial charge in [0.1, 0.15) is 9.84 Å². The third-order valence-electron chi connectivity index (χ3n) is 5.55. The number of nitriles is 1. The summed E-state index contributed by atoms with van der Waals surface area (Å²) in [7, 11) is -3.20. The summed E-state index contributed by atoms with van der Waals surface area (Å²) in [5.41, 5.74) is 3.69. The molecule has 0 saturated carbocycles. The predicted octanol–water partition coefficient (Wildman–Crippen LogP) is 5.30. The summed E-state index contributed by atoms with van der Waals surface area (Å²) in [4.78, 5) is 0. The van der Waals surface area contributed by atoms with E-state index in [9.17, 15) is 13.7 Å². The van der Waals surface area contributed by atoms with Crippen molar-refractivity contribution < 1.29 is 8.42 Å². The average molecular weight is 467 g/mol. The summed E-state index contributed by atoms with van der Waals surface area (Å²) in [5, 5.41) is 13.6. The number of halogens is 1. The molecule has 0 amide bonds. The molecule has 4 nitrogen and oxygen atoms in total. The van der Waals surface area contributed by atoms with Crippen molar-refractivity contribution >= 4 is 21.4 Å². The molecular weight excluding hydrogens is 440 g/mol. The molecule has 0 aromatic heterocycles. The van der Waals surface area contributed by atoms with Crippen molar-refractivity contribution in [1.29, 1.82) is 5.26 Å². The minimum absolute atomic E-state index is 0.00720. The fourth-order valence-corrected chi connectivity index (χ4v) is 4.98. The summed E-state index contributed by atoms with van der Waals surface area (Å²) in [5.74, 6) is 0.0306. The molecular formula is C26H27ClN2O2S. The lowest BCUT2D eigenvalue weighted by Gasteiger charge is -2.30. The SMILES string of the molecule is C[C@H](NC(CS(C)(=O)=O)c1ccccc1)[C@@H](Cc1ccc(Cl)cc1)c1cccc(C#N)c1. The molecule has 0 aliphatic carbocycles. The standard InChI is InChI=1S/C26H27ClN2O2S/c1-19(29-26(18-32(2,30)31)22-8-4-3-5-9-22)25(16-20-11-13-24(27)14-12-20)23-10-6-7-21(15-23)17-28/h3-15,19,25-26,29H,16,18H2,1-2H3/t19-,25+,26?/m0/s1. The molecule has 0 heterocycles. The summed E-state index contributed by atoms with van der Waals surface area (Å²) in [6.45, 7) is 2.07. The lowest BCUT2D eigenvalue weighted by molar-refractivity contribution is 0.413. The highest BCUT2D eigenvalue weighted by molar-refractivity contribution is 7.90. The van der Waals surface area contributed by atoms with Crippen molar-refractivity contribution in [1.82, 2.24) is 5.32 Å². The van der Waals surface area contributed by atoms with Crippen LogP contribution in [0.2, 0.25) is 5.02 Å². The van der Waals surface area contributed by atoms with Crippen molar-refractivity contribution in [3.63, 3.8) is 0 Å². The number of sulfone groups is 1. The van der Waals surface area contributed by atoms with E-state index in [4.69, 9.17) is 11.6 Å². The van der Waals surface area contributed by atoms with E-state index in [1.165, 1.54) is 6.26 Å². The topological polar surface area (TPSA) is 70.0 Å². The fraction of sp³-hybridized carbons (Fsp3) is 0.269. The highest BCUT2D eigenvalue weighted by Gasteiger charge is 2.25. The van der Waals surface area contributed by atoms with E-state index in [2.05, 4.69) is 18.3 Å². The zero-order chi connectivity index (χ0) is 23.1. The Bertz CT molecular complexity index is 1170. The van der Waals surface area contributed by atoms with Crippen LogP contribution in [0.4, 0.5) is 0 Å². The Morgan fingerprint density at radius 1 is 0.969 bits per heavy atom. The predicted molar refractivity (Wildman–Crippen MR) is 131 cm³/mol. The Morgan fingerprint density at radius 3 is 2.25 bits per heavy atom. The summed E-state index contributed by atoms with van der Waals surface area (Å²) in [6, 6.07) is 26.8. The number of rotatable bonds is 9. The van der Waals surface area contributed by atoms with E-state index < -0.39 is 9.84 Å². The average Bonchev–Trinajstić information content (AvgIpc) is 2.78. The number of hydrogen-bond acceptors (Lipinski definition) is 4. The molecule has 1 unspecified atom stereocenters. The van der Waals surface area contributed by atoms with Crippen LogP contribution < -0.4 is 5.32 Å². The third-order valence-corrected chi connectivity index (χ3v) is 6.74. The van der Waals surface area contributed by atoms with E-state index in [-0.39, 0.29) is 23.8 Å². The van der Waals surface area contributed by atoms with Gasteiger partial charge in [-0.3, -0.25) is 0 Å². The van der Waals surface area contributed by atoms with E-state index in [1.807, 2.05) is 72.8 Å². The van der Waals surface area contributed by atoms with Crippen LogP contribution in [0.25, 0.3) is 0 Å². The largest absolute Gasteiger partial charge is 0.306 e. The van der Waals surface area contributed by atoms with Crippen molar-refractivity contribution in [3.05, 3.63) is 106 Å². The maximum Gasteiger partial charge on any atom is 0.149 e. The summed E-state index contributed by atoms with van der Waals surface area (Å²) < 4.78 is 24.3. The molecule has 32 heavy (non-hydrogen) atoms.